The molecule has 1 aromatic carbocycles. The van der Waals surface area contributed by atoms with Gasteiger partial charge in [0.25, 0.3) is 0 Å². The Morgan fingerprint density at radius 2 is 2.29 bits per heavy atom. The molecule has 1 aliphatic heterocycles. The first-order chi connectivity index (χ1) is 8.33. The monoisotopic (exact) mass is 234 g/mol. The third-order valence-electron chi connectivity index (χ3n) is 3.06. The number of rotatable bonds is 5. The van der Waals surface area contributed by atoms with Gasteiger partial charge >= 0.3 is 0 Å². The average Bonchev–Trinajstić information content (AvgIpc) is 2.38. The maximum absolute atomic E-state index is 12.1. The summed E-state index contributed by atoms with van der Waals surface area (Å²) in [5, 5.41) is 0. The zero-order valence-electron chi connectivity index (χ0n) is 10.1. The first kappa shape index (κ1) is 12.3. The number of carbonyl (C=O) groups excluding carboxylic acids is 1. The highest BCUT2D eigenvalue weighted by molar-refractivity contribution is 5.85. The van der Waals surface area contributed by atoms with Crippen LogP contribution in [0.25, 0.3) is 0 Å². The van der Waals surface area contributed by atoms with Crippen molar-refractivity contribution in [2.45, 2.75) is 25.4 Å². The SMILES string of the molecule is COCCCC(=O)C1OCCc2ccccc21. The maximum Gasteiger partial charge on any atom is 0.166 e. The van der Waals surface area contributed by atoms with Crippen LogP contribution >= 0.6 is 0 Å². The average molecular weight is 234 g/mol. The highest BCUT2D eigenvalue weighted by Crippen LogP contribution is 2.28. The molecule has 0 fully saturated rings. The van der Waals surface area contributed by atoms with Gasteiger partial charge in [0, 0.05) is 20.1 Å². The molecule has 0 spiro atoms. The lowest BCUT2D eigenvalue weighted by molar-refractivity contribution is -0.132. The first-order valence-corrected chi connectivity index (χ1v) is 6.04. The molecule has 1 heterocycles. The lowest BCUT2D eigenvalue weighted by atomic mass is 9.94. The third kappa shape index (κ3) is 2.93. The maximum atomic E-state index is 12.1. The van der Waals surface area contributed by atoms with Crippen molar-refractivity contribution in [3.63, 3.8) is 0 Å². The smallest absolute Gasteiger partial charge is 0.166 e. The zero-order valence-corrected chi connectivity index (χ0v) is 10.1. The number of methoxy groups -OCH3 is 1. The highest BCUT2D eigenvalue weighted by Gasteiger charge is 2.26. The molecule has 1 unspecified atom stereocenters. The van der Waals surface area contributed by atoms with Crippen molar-refractivity contribution in [2.24, 2.45) is 0 Å². The van der Waals surface area contributed by atoms with E-state index in [1.165, 1.54) is 5.56 Å². The third-order valence-corrected chi connectivity index (χ3v) is 3.06. The Kier molecular flexibility index (Phi) is 4.29. The van der Waals surface area contributed by atoms with Crippen molar-refractivity contribution in [3.8, 4) is 0 Å². The van der Waals surface area contributed by atoms with E-state index in [-0.39, 0.29) is 11.9 Å². The second-order valence-electron chi connectivity index (χ2n) is 4.26. The van der Waals surface area contributed by atoms with E-state index in [0.29, 0.717) is 19.6 Å². The quantitative estimate of drug-likeness (QED) is 0.733. The lowest BCUT2D eigenvalue weighted by Gasteiger charge is -2.24. The number of carbonyl (C=O) groups is 1. The fourth-order valence-electron chi connectivity index (χ4n) is 2.18. The van der Waals surface area contributed by atoms with Gasteiger partial charge < -0.3 is 9.47 Å². The van der Waals surface area contributed by atoms with Crippen molar-refractivity contribution in [2.75, 3.05) is 20.3 Å². The molecule has 0 amide bonds. The Balaban J connectivity index is 2.05. The van der Waals surface area contributed by atoms with Crippen LogP contribution in [0.15, 0.2) is 24.3 Å². The molecular weight excluding hydrogens is 216 g/mol. The van der Waals surface area contributed by atoms with Gasteiger partial charge in [0.2, 0.25) is 0 Å². The summed E-state index contributed by atoms with van der Waals surface area (Å²) in [5.41, 5.74) is 2.28. The summed E-state index contributed by atoms with van der Waals surface area (Å²) in [6.07, 6.45) is 1.82. The van der Waals surface area contributed by atoms with Gasteiger partial charge in [-0.2, -0.15) is 0 Å². The van der Waals surface area contributed by atoms with Gasteiger partial charge in [0.05, 0.1) is 6.61 Å². The number of hydrogen-bond donors (Lipinski definition) is 0. The Labute approximate surface area is 102 Å². The summed E-state index contributed by atoms with van der Waals surface area (Å²) in [6, 6.07) is 8.04. The molecule has 1 atom stereocenters. The van der Waals surface area contributed by atoms with Crippen LogP contribution in [0.1, 0.15) is 30.1 Å². The predicted molar refractivity (Wildman–Crippen MR) is 65.0 cm³/mol. The molecule has 0 bridgehead atoms. The van der Waals surface area contributed by atoms with E-state index < -0.39 is 0 Å². The summed E-state index contributed by atoms with van der Waals surface area (Å²) in [4.78, 5) is 12.1. The molecular formula is C14H18O3. The van der Waals surface area contributed by atoms with Crippen LogP contribution in [-0.4, -0.2) is 26.1 Å². The van der Waals surface area contributed by atoms with Gasteiger partial charge in [0.1, 0.15) is 6.10 Å². The molecule has 0 aromatic heterocycles. The highest BCUT2D eigenvalue weighted by atomic mass is 16.5. The van der Waals surface area contributed by atoms with Gasteiger partial charge in [-0.05, 0) is 24.0 Å². The van der Waals surface area contributed by atoms with E-state index in [0.717, 1.165) is 18.4 Å². The van der Waals surface area contributed by atoms with Crippen LogP contribution in [0, 0.1) is 0 Å². The van der Waals surface area contributed by atoms with Gasteiger partial charge in [0.15, 0.2) is 5.78 Å². The van der Waals surface area contributed by atoms with Crippen molar-refractivity contribution in [3.05, 3.63) is 35.4 Å². The summed E-state index contributed by atoms with van der Waals surface area (Å²) >= 11 is 0. The number of ether oxygens (including phenoxy) is 2. The van der Waals surface area contributed by atoms with E-state index in [1.807, 2.05) is 18.2 Å². The number of fused-ring (bicyclic) bond motifs is 1. The Hall–Kier alpha value is -1.19. The summed E-state index contributed by atoms with van der Waals surface area (Å²) in [7, 11) is 1.65. The molecule has 2 rings (SSSR count). The van der Waals surface area contributed by atoms with Crippen molar-refractivity contribution < 1.29 is 14.3 Å². The number of Topliss-reactive ketones (excluding diaryl/α,β-unsaturated/α-hetero) is 1. The van der Waals surface area contributed by atoms with Crippen LogP contribution in [0.5, 0.6) is 0 Å². The molecule has 0 aliphatic carbocycles. The summed E-state index contributed by atoms with van der Waals surface area (Å²) in [5.74, 6) is 0.161. The van der Waals surface area contributed by atoms with Crippen LogP contribution < -0.4 is 0 Å². The minimum atomic E-state index is -0.364. The molecule has 1 aromatic rings. The zero-order chi connectivity index (χ0) is 12.1. The van der Waals surface area contributed by atoms with Crippen LogP contribution in [0.2, 0.25) is 0 Å². The van der Waals surface area contributed by atoms with Crippen LogP contribution in [0.4, 0.5) is 0 Å². The number of ketones is 1. The molecule has 1 aliphatic rings. The molecule has 3 heteroatoms. The molecule has 0 N–H and O–H groups in total. The minimum Gasteiger partial charge on any atom is -0.385 e. The number of benzene rings is 1. The van der Waals surface area contributed by atoms with Crippen molar-refractivity contribution in [1.82, 2.24) is 0 Å². The van der Waals surface area contributed by atoms with E-state index in [9.17, 15) is 4.79 Å². The Morgan fingerprint density at radius 3 is 3.12 bits per heavy atom. The van der Waals surface area contributed by atoms with Gasteiger partial charge in [-0.15, -0.1) is 0 Å². The largest absolute Gasteiger partial charge is 0.385 e. The van der Waals surface area contributed by atoms with Gasteiger partial charge in [-0.25, -0.2) is 0 Å². The minimum absolute atomic E-state index is 0.161. The topological polar surface area (TPSA) is 35.5 Å². The fourth-order valence-corrected chi connectivity index (χ4v) is 2.18. The molecule has 0 saturated heterocycles. The molecule has 0 saturated carbocycles. The summed E-state index contributed by atoms with van der Waals surface area (Å²) in [6.45, 7) is 1.26. The fraction of sp³-hybridized carbons (Fsp3) is 0.500. The van der Waals surface area contributed by atoms with E-state index in [4.69, 9.17) is 9.47 Å². The predicted octanol–water partition coefficient (Wildman–Crippen LogP) is 2.30. The number of hydrogen-bond acceptors (Lipinski definition) is 3. The molecule has 3 nitrogen and oxygen atoms in total. The van der Waals surface area contributed by atoms with Gasteiger partial charge in [-0.3, -0.25) is 4.79 Å². The second-order valence-corrected chi connectivity index (χ2v) is 4.26. The van der Waals surface area contributed by atoms with Crippen molar-refractivity contribution in [1.29, 1.82) is 0 Å². The van der Waals surface area contributed by atoms with E-state index in [2.05, 4.69) is 6.07 Å². The van der Waals surface area contributed by atoms with Crippen LogP contribution in [-0.2, 0) is 20.7 Å². The first-order valence-electron chi connectivity index (χ1n) is 6.04. The van der Waals surface area contributed by atoms with E-state index >= 15 is 0 Å². The van der Waals surface area contributed by atoms with Crippen molar-refractivity contribution >= 4 is 5.78 Å². The van der Waals surface area contributed by atoms with Gasteiger partial charge in [-0.1, -0.05) is 24.3 Å². The Bertz CT molecular complexity index is 387. The standard InChI is InChI=1S/C14H18O3/c1-16-9-4-7-13(15)14-12-6-3-2-5-11(12)8-10-17-14/h2-3,5-6,14H,4,7-10H2,1H3. The van der Waals surface area contributed by atoms with E-state index in [1.54, 1.807) is 7.11 Å². The molecule has 92 valence electrons. The molecule has 17 heavy (non-hydrogen) atoms. The summed E-state index contributed by atoms with van der Waals surface area (Å²) < 4.78 is 10.6. The Morgan fingerprint density at radius 1 is 1.47 bits per heavy atom. The van der Waals surface area contributed by atoms with Crippen LogP contribution in [0.3, 0.4) is 0 Å². The lowest BCUT2D eigenvalue weighted by Crippen LogP contribution is -2.23. The molecule has 0 radical (unpaired) electrons. The second kappa shape index (κ2) is 5.94. The normalized spacial score (nSPS) is 18.8.